The summed E-state index contributed by atoms with van der Waals surface area (Å²) in [7, 11) is 1.99. The topological polar surface area (TPSA) is 60.9 Å². The Morgan fingerprint density at radius 2 is 1.61 bits per heavy atom. The summed E-state index contributed by atoms with van der Waals surface area (Å²) in [5.41, 5.74) is -0.587. The van der Waals surface area contributed by atoms with Crippen LogP contribution in [0.25, 0.3) is 0 Å². The van der Waals surface area contributed by atoms with Gasteiger partial charge in [0.25, 0.3) is 5.91 Å². The summed E-state index contributed by atoms with van der Waals surface area (Å²) in [4.78, 5) is 27.3. The van der Waals surface area contributed by atoms with Crippen molar-refractivity contribution in [2.24, 2.45) is 5.41 Å². The number of ketones is 1. The van der Waals surface area contributed by atoms with Crippen LogP contribution in [0.4, 0.5) is 0 Å². The molecule has 1 heterocycles. The lowest BCUT2D eigenvalue weighted by molar-refractivity contribution is -0.132. The largest absolute Gasteiger partial charge is 0.503 e. The third-order valence-corrected chi connectivity index (χ3v) is 3.02. The Morgan fingerprint density at radius 3 is 2.06 bits per heavy atom. The van der Waals surface area contributed by atoms with Crippen molar-refractivity contribution >= 4 is 11.7 Å². The molecule has 1 aliphatic rings. The number of aliphatic hydroxyl groups excluding tert-OH is 1. The van der Waals surface area contributed by atoms with Crippen molar-refractivity contribution in [1.82, 2.24) is 9.80 Å². The number of piperazine rings is 1. The Morgan fingerprint density at radius 1 is 1.11 bits per heavy atom. The fourth-order valence-electron chi connectivity index (χ4n) is 1.57. The Balaban J connectivity index is 2.67. The second kappa shape index (κ2) is 5.52. The number of allylic oxidation sites excluding steroid dienone is 1. The summed E-state index contributed by atoms with van der Waals surface area (Å²) in [6.07, 6.45) is 1.04. The molecule has 1 fully saturated rings. The zero-order valence-electron chi connectivity index (χ0n) is 11.6. The molecule has 102 valence electrons. The number of hydrogen-bond acceptors (Lipinski definition) is 4. The number of likely N-dealkylation sites (N-methyl/N-ethyl adjacent to an activating group) is 1. The minimum absolute atomic E-state index is 0.248. The molecule has 0 saturated carbocycles. The van der Waals surface area contributed by atoms with Gasteiger partial charge in [0.2, 0.25) is 0 Å². The van der Waals surface area contributed by atoms with Crippen LogP contribution in [0, 0.1) is 5.41 Å². The average molecular weight is 254 g/mol. The van der Waals surface area contributed by atoms with Gasteiger partial charge in [-0.2, -0.15) is 0 Å². The maximum atomic E-state index is 11.9. The predicted molar refractivity (Wildman–Crippen MR) is 69.3 cm³/mol. The maximum absolute atomic E-state index is 11.9. The van der Waals surface area contributed by atoms with Gasteiger partial charge in [0.15, 0.2) is 11.5 Å². The first-order valence-electron chi connectivity index (χ1n) is 6.14. The van der Waals surface area contributed by atoms with Gasteiger partial charge in [-0.3, -0.25) is 9.59 Å². The minimum Gasteiger partial charge on any atom is -0.503 e. The highest BCUT2D eigenvalue weighted by Crippen LogP contribution is 2.16. The molecule has 18 heavy (non-hydrogen) atoms. The standard InChI is InChI=1S/C13H22N2O3/c1-13(2,3)11(17)9-10(16)12(18)15-7-5-14(4)6-8-15/h9,16H,5-8H2,1-4H3/b10-9-. The fraction of sp³-hybridized carbons (Fsp3) is 0.692. The van der Waals surface area contributed by atoms with Gasteiger partial charge >= 0.3 is 0 Å². The minimum atomic E-state index is -0.587. The molecule has 0 bridgehead atoms. The average Bonchev–Trinajstić information content (AvgIpc) is 2.27. The molecule has 0 spiro atoms. The van der Waals surface area contributed by atoms with Crippen molar-refractivity contribution in [3.8, 4) is 0 Å². The molecule has 5 nitrogen and oxygen atoms in total. The maximum Gasteiger partial charge on any atom is 0.288 e. The van der Waals surface area contributed by atoms with Gasteiger partial charge in [-0.15, -0.1) is 0 Å². The van der Waals surface area contributed by atoms with E-state index < -0.39 is 17.1 Å². The molecule has 1 rings (SSSR count). The van der Waals surface area contributed by atoms with Crippen molar-refractivity contribution in [2.75, 3.05) is 33.2 Å². The van der Waals surface area contributed by atoms with E-state index in [0.29, 0.717) is 13.1 Å². The van der Waals surface area contributed by atoms with Gasteiger partial charge in [-0.25, -0.2) is 0 Å². The van der Waals surface area contributed by atoms with Crippen molar-refractivity contribution in [2.45, 2.75) is 20.8 Å². The van der Waals surface area contributed by atoms with Crippen LogP contribution < -0.4 is 0 Å². The van der Waals surface area contributed by atoms with E-state index in [9.17, 15) is 14.7 Å². The van der Waals surface area contributed by atoms with Gasteiger partial charge < -0.3 is 14.9 Å². The second-order valence-electron chi connectivity index (χ2n) is 5.74. The number of nitrogens with zero attached hydrogens (tertiary/aromatic N) is 2. The lowest BCUT2D eigenvalue weighted by Gasteiger charge is -2.32. The number of amides is 1. The number of carbonyl (C=O) groups is 2. The van der Waals surface area contributed by atoms with Crippen LogP contribution in [0.15, 0.2) is 11.8 Å². The van der Waals surface area contributed by atoms with E-state index in [4.69, 9.17) is 0 Å². The van der Waals surface area contributed by atoms with E-state index in [-0.39, 0.29) is 5.78 Å². The molecule has 0 radical (unpaired) electrons. The highest BCUT2D eigenvalue weighted by atomic mass is 16.3. The van der Waals surface area contributed by atoms with Gasteiger partial charge in [-0.1, -0.05) is 20.8 Å². The van der Waals surface area contributed by atoms with Gasteiger partial charge in [0.05, 0.1) is 0 Å². The molecule has 0 atom stereocenters. The SMILES string of the molecule is CN1CCN(C(=O)/C(O)=C/C(=O)C(C)(C)C)CC1. The highest BCUT2D eigenvalue weighted by Gasteiger charge is 2.25. The van der Waals surface area contributed by atoms with E-state index in [1.807, 2.05) is 7.05 Å². The third kappa shape index (κ3) is 3.84. The van der Waals surface area contributed by atoms with Crippen LogP contribution in [-0.4, -0.2) is 59.8 Å². The molecule has 1 N–H and O–H groups in total. The zero-order valence-corrected chi connectivity index (χ0v) is 11.6. The summed E-state index contributed by atoms with van der Waals surface area (Å²) in [5.74, 6) is -1.16. The van der Waals surface area contributed by atoms with Crippen molar-refractivity contribution in [3.05, 3.63) is 11.8 Å². The molecule has 1 saturated heterocycles. The van der Waals surface area contributed by atoms with Gasteiger partial charge in [0, 0.05) is 37.7 Å². The first-order chi connectivity index (χ1) is 8.21. The smallest absolute Gasteiger partial charge is 0.288 e. The number of rotatable bonds is 2. The summed E-state index contributed by atoms with van der Waals surface area (Å²) in [6, 6.07) is 0. The summed E-state index contributed by atoms with van der Waals surface area (Å²) in [5, 5.41) is 9.71. The quantitative estimate of drug-likeness (QED) is 0.585. The number of carbonyl (C=O) groups excluding carboxylic acids is 2. The number of aliphatic hydroxyl groups is 1. The van der Waals surface area contributed by atoms with Crippen LogP contribution in [0.2, 0.25) is 0 Å². The predicted octanol–water partition coefficient (Wildman–Crippen LogP) is 0.817. The first kappa shape index (κ1) is 14.7. The van der Waals surface area contributed by atoms with Gasteiger partial charge in [-0.05, 0) is 7.05 Å². The summed E-state index contributed by atoms with van der Waals surface area (Å²) >= 11 is 0. The van der Waals surface area contributed by atoms with Crippen LogP contribution in [0.5, 0.6) is 0 Å². The van der Waals surface area contributed by atoms with E-state index >= 15 is 0 Å². The Kier molecular flexibility index (Phi) is 4.51. The summed E-state index contributed by atoms with van der Waals surface area (Å²) < 4.78 is 0. The molecule has 1 aliphatic heterocycles. The lowest BCUT2D eigenvalue weighted by atomic mass is 9.90. The van der Waals surface area contributed by atoms with Crippen LogP contribution in [0.3, 0.4) is 0 Å². The Labute approximate surface area is 108 Å². The number of hydrogen-bond donors (Lipinski definition) is 1. The van der Waals surface area contributed by atoms with Crippen molar-refractivity contribution < 1.29 is 14.7 Å². The molecular weight excluding hydrogens is 232 g/mol. The molecule has 0 unspecified atom stereocenters. The Bertz CT molecular complexity index is 361. The molecule has 1 amide bonds. The third-order valence-electron chi connectivity index (χ3n) is 3.02. The second-order valence-corrected chi connectivity index (χ2v) is 5.74. The van der Waals surface area contributed by atoms with Crippen LogP contribution in [0.1, 0.15) is 20.8 Å². The normalized spacial score (nSPS) is 18.9. The van der Waals surface area contributed by atoms with Gasteiger partial charge in [0.1, 0.15) is 0 Å². The first-order valence-corrected chi connectivity index (χ1v) is 6.14. The summed E-state index contributed by atoms with van der Waals surface area (Å²) in [6.45, 7) is 7.98. The van der Waals surface area contributed by atoms with Crippen LogP contribution in [-0.2, 0) is 9.59 Å². The monoisotopic (exact) mass is 254 g/mol. The van der Waals surface area contributed by atoms with E-state index in [1.54, 1.807) is 25.7 Å². The van der Waals surface area contributed by atoms with E-state index in [1.165, 1.54) is 0 Å². The van der Waals surface area contributed by atoms with Crippen molar-refractivity contribution in [3.63, 3.8) is 0 Å². The Hall–Kier alpha value is -1.36. The molecule has 0 aromatic heterocycles. The van der Waals surface area contributed by atoms with Crippen LogP contribution >= 0.6 is 0 Å². The fourth-order valence-corrected chi connectivity index (χ4v) is 1.57. The molecule has 0 aromatic rings. The zero-order chi connectivity index (χ0) is 13.9. The molecular formula is C13H22N2O3. The van der Waals surface area contributed by atoms with E-state index in [0.717, 1.165) is 19.2 Å². The van der Waals surface area contributed by atoms with Crippen molar-refractivity contribution in [1.29, 1.82) is 0 Å². The lowest BCUT2D eigenvalue weighted by Crippen LogP contribution is -2.47. The molecule has 0 aromatic carbocycles. The molecule has 5 heteroatoms. The highest BCUT2D eigenvalue weighted by molar-refractivity contribution is 6.02. The molecule has 0 aliphatic carbocycles. The van der Waals surface area contributed by atoms with E-state index in [2.05, 4.69) is 4.90 Å².